The first-order valence-corrected chi connectivity index (χ1v) is 9.34. The van der Waals surface area contributed by atoms with E-state index in [4.69, 9.17) is 0 Å². The summed E-state index contributed by atoms with van der Waals surface area (Å²) in [7, 11) is -2.02. The zero-order valence-corrected chi connectivity index (χ0v) is 15.0. The molecule has 8 nitrogen and oxygen atoms in total. The molecule has 1 N–H and O–H groups in total. The van der Waals surface area contributed by atoms with Crippen molar-refractivity contribution in [1.82, 2.24) is 9.62 Å². The van der Waals surface area contributed by atoms with Crippen molar-refractivity contribution in [3.05, 3.63) is 53.8 Å². The van der Waals surface area contributed by atoms with E-state index in [1.807, 2.05) is 0 Å². The highest BCUT2D eigenvalue weighted by atomic mass is 32.2. The molecule has 1 aromatic rings. The van der Waals surface area contributed by atoms with E-state index in [0.717, 1.165) is 0 Å². The molecule has 0 atom stereocenters. The first-order valence-electron chi connectivity index (χ1n) is 7.90. The van der Waals surface area contributed by atoms with Crippen LogP contribution >= 0.6 is 0 Å². The normalized spacial score (nSPS) is 18.0. The SMILES string of the molecule is C=CC(=O)N(C)c1ccc(C(=O)N2CCC3=C(C=NS(=O)(=O)N3)C2)cc1. The second kappa shape index (κ2) is 6.75. The van der Waals surface area contributed by atoms with Crippen LogP contribution in [0, 0.1) is 0 Å². The Hall–Kier alpha value is -2.94. The van der Waals surface area contributed by atoms with Gasteiger partial charge >= 0.3 is 10.2 Å². The number of nitrogens with one attached hydrogen (secondary N) is 1. The Bertz CT molecular complexity index is 932. The predicted molar refractivity (Wildman–Crippen MR) is 98.1 cm³/mol. The summed E-state index contributed by atoms with van der Waals surface area (Å²) >= 11 is 0. The van der Waals surface area contributed by atoms with E-state index in [1.165, 1.54) is 17.2 Å². The number of nitrogens with zero attached hydrogens (tertiary/aromatic N) is 3. The number of anilines is 1. The highest BCUT2D eigenvalue weighted by Gasteiger charge is 2.27. The molecule has 0 radical (unpaired) electrons. The second-order valence-electron chi connectivity index (χ2n) is 5.94. The van der Waals surface area contributed by atoms with Crippen molar-refractivity contribution < 1.29 is 18.0 Å². The smallest absolute Gasteiger partial charge is 0.334 e. The lowest BCUT2D eigenvalue weighted by molar-refractivity contribution is -0.113. The van der Waals surface area contributed by atoms with Crippen LogP contribution in [-0.4, -0.2) is 51.5 Å². The third-order valence-electron chi connectivity index (χ3n) is 4.27. The van der Waals surface area contributed by atoms with Gasteiger partial charge in [-0.25, -0.2) is 0 Å². The molecular formula is C17H18N4O4S. The van der Waals surface area contributed by atoms with Gasteiger partial charge in [-0.05, 0) is 30.3 Å². The lowest BCUT2D eigenvalue weighted by Crippen LogP contribution is -2.41. The zero-order chi connectivity index (χ0) is 18.9. The quantitative estimate of drug-likeness (QED) is 0.793. The fraction of sp³-hybridized carbons (Fsp3) is 0.235. The summed E-state index contributed by atoms with van der Waals surface area (Å²) in [5, 5.41) is 0. The van der Waals surface area contributed by atoms with Crippen LogP contribution in [0.2, 0.25) is 0 Å². The monoisotopic (exact) mass is 374 g/mol. The number of hydrogen-bond donors (Lipinski definition) is 1. The van der Waals surface area contributed by atoms with Gasteiger partial charge in [0.05, 0.1) is 0 Å². The Morgan fingerprint density at radius 2 is 2.00 bits per heavy atom. The Kier molecular flexibility index (Phi) is 4.64. The minimum atomic E-state index is -3.65. The molecule has 0 saturated carbocycles. The van der Waals surface area contributed by atoms with Crippen LogP contribution in [0.5, 0.6) is 0 Å². The fourth-order valence-corrected chi connectivity index (χ4v) is 3.65. The maximum Gasteiger partial charge on any atom is 0.341 e. The minimum Gasteiger partial charge on any atom is -0.334 e. The maximum absolute atomic E-state index is 12.7. The van der Waals surface area contributed by atoms with E-state index in [0.29, 0.717) is 35.5 Å². The van der Waals surface area contributed by atoms with Crippen LogP contribution in [0.25, 0.3) is 0 Å². The Morgan fingerprint density at radius 1 is 1.31 bits per heavy atom. The maximum atomic E-state index is 12.7. The summed E-state index contributed by atoms with van der Waals surface area (Å²) < 4.78 is 28.7. The van der Waals surface area contributed by atoms with Gasteiger partial charge in [0.25, 0.3) is 5.91 Å². The third kappa shape index (κ3) is 3.52. The molecule has 0 bridgehead atoms. The van der Waals surface area contributed by atoms with Gasteiger partial charge in [0.15, 0.2) is 0 Å². The zero-order valence-electron chi connectivity index (χ0n) is 14.2. The van der Waals surface area contributed by atoms with E-state index in [-0.39, 0.29) is 18.4 Å². The van der Waals surface area contributed by atoms with Crippen LogP contribution in [0.15, 0.2) is 52.6 Å². The topological polar surface area (TPSA) is 99.2 Å². The lowest BCUT2D eigenvalue weighted by atomic mass is 10.1. The van der Waals surface area contributed by atoms with Gasteiger partial charge in [-0.1, -0.05) is 6.58 Å². The Morgan fingerprint density at radius 3 is 2.65 bits per heavy atom. The van der Waals surface area contributed by atoms with Crippen LogP contribution in [0.3, 0.4) is 0 Å². The first-order chi connectivity index (χ1) is 12.3. The van der Waals surface area contributed by atoms with Gasteiger partial charge in [0, 0.05) is 55.3 Å². The van der Waals surface area contributed by atoms with Crippen molar-refractivity contribution in [2.24, 2.45) is 4.40 Å². The summed E-state index contributed by atoms with van der Waals surface area (Å²) in [5.74, 6) is -0.402. The number of amides is 2. The third-order valence-corrected chi connectivity index (χ3v) is 5.16. The molecule has 0 saturated heterocycles. The molecule has 2 aliphatic rings. The Labute approximate surface area is 151 Å². The highest BCUT2D eigenvalue weighted by Crippen LogP contribution is 2.22. The number of likely N-dealkylation sites (N-methyl/N-ethyl adjacent to an activating group) is 1. The molecule has 136 valence electrons. The summed E-state index contributed by atoms with van der Waals surface area (Å²) in [6, 6.07) is 6.71. The van der Waals surface area contributed by atoms with Gasteiger partial charge in [-0.2, -0.15) is 12.8 Å². The van der Waals surface area contributed by atoms with E-state index in [9.17, 15) is 18.0 Å². The minimum absolute atomic E-state index is 0.164. The molecule has 0 spiro atoms. The van der Waals surface area contributed by atoms with E-state index < -0.39 is 10.2 Å². The van der Waals surface area contributed by atoms with Crippen molar-refractivity contribution in [1.29, 1.82) is 0 Å². The molecule has 9 heteroatoms. The van der Waals surface area contributed by atoms with Crippen molar-refractivity contribution in [3.8, 4) is 0 Å². The molecule has 3 rings (SSSR count). The van der Waals surface area contributed by atoms with Crippen LogP contribution in [0.1, 0.15) is 16.8 Å². The molecule has 26 heavy (non-hydrogen) atoms. The van der Waals surface area contributed by atoms with Gasteiger partial charge in [-0.15, -0.1) is 0 Å². The summed E-state index contributed by atoms with van der Waals surface area (Å²) in [6.45, 7) is 4.14. The van der Waals surface area contributed by atoms with Crippen molar-refractivity contribution in [3.63, 3.8) is 0 Å². The number of hydrogen-bond acceptors (Lipinski definition) is 4. The van der Waals surface area contributed by atoms with Gasteiger partial charge < -0.3 is 9.80 Å². The molecular weight excluding hydrogens is 356 g/mol. The van der Waals surface area contributed by atoms with Crippen LogP contribution < -0.4 is 9.62 Å². The van der Waals surface area contributed by atoms with E-state index in [1.54, 1.807) is 36.2 Å². The van der Waals surface area contributed by atoms with E-state index in [2.05, 4.69) is 15.7 Å². The van der Waals surface area contributed by atoms with Gasteiger partial charge in [0.1, 0.15) is 0 Å². The fourth-order valence-electron chi connectivity index (χ4n) is 2.79. The van der Waals surface area contributed by atoms with Crippen LogP contribution in [0.4, 0.5) is 5.69 Å². The number of benzene rings is 1. The van der Waals surface area contributed by atoms with Crippen molar-refractivity contribution in [2.45, 2.75) is 6.42 Å². The van der Waals surface area contributed by atoms with Crippen LogP contribution in [-0.2, 0) is 15.0 Å². The molecule has 0 aromatic heterocycles. The standard InChI is InChI=1S/C17H18N4O4S/c1-3-16(22)20(2)14-6-4-12(5-7-14)17(23)21-9-8-15-13(11-21)10-18-26(24,25)19-15/h3-7,10,19H,1,8-9,11H2,2H3. The lowest BCUT2D eigenvalue weighted by Gasteiger charge is -2.31. The molecule has 0 fully saturated rings. The number of rotatable bonds is 3. The van der Waals surface area contributed by atoms with Crippen molar-refractivity contribution in [2.75, 3.05) is 25.0 Å². The summed E-state index contributed by atoms with van der Waals surface area (Å²) in [6.07, 6.45) is 2.93. The molecule has 2 amide bonds. The average molecular weight is 374 g/mol. The number of carbonyl (C=O) groups excluding carboxylic acids is 2. The predicted octanol–water partition coefficient (Wildman–Crippen LogP) is 0.854. The molecule has 2 aliphatic heterocycles. The summed E-state index contributed by atoms with van der Waals surface area (Å²) in [4.78, 5) is 27.4. The number of carbonyl (C=O) groups is 2. The second-order valence-corrected chi connectivity index (χ2v) is 7.31. The molecule has 0 unspecified atom stereocenters. The summed E-state index contributed by atoms with van der Waals surface area (Å²) in [5.41, 5.74) is 2.42. The Balaban J connectivity index is 1.73. The van der Waals surface area contributed by atoms with Gasteiger partial charge in [0.2, 0.25) is 5.91 Å². The largest absolute Gasteiger partial charge is 0.341 e. The molecule has 1 aromatic carbocycles. The van der Waals surface area contributed by atoms with Crippen molar-refractivity contribution >= 4 is 33.9 Å². The molecule has 2 heterocycles. The highest BCUT2D eigenvalue weighted by molar-refractivity contribution is 7.88. The van der Waals surface area contributed by atoms with Gasteiger partial charge in [-0.3, -0.25) is 14.3 Å². The van der Waals surface area contributed by atoms with E-state index >= 15 is 0 Å². The molecule has 0 aliphatic carbocycles. The first kappa shape index (κ1) is 17.9. The average Bonchev–Trinajstić information content (AvgIpc) is 2.65.